The molecule has 52 valence electrons. The third-order valence-electron chi connectivity index (χ3n) is 2.25. The molecule has 1 rings (SSSR count). The fourth-order valence-electron chi connectivity index (χ4n) is 1.30. The molecule has 1 N–H and O–H groups in total. The minimum atomic E-state index is 0.622. The van der Waals surface area contributed by atoms with E-state index in [1.54, 1.807) is 0 Å². The van der Waals surface area contributed by atoms with Crippen LogP contribution < -0.4 is 0 Å². The average Bonchev–Trinajstić information content (AvgIpc) is 2.39. The summed E-state index contributed by atoms with van der Waals surface area (Å²) < 4.78 is 0. The van der Waals surface area contributed by atoms with E-state index in [1.165, 1.54) is 19.3 Å². The average molecular weight is 125 g/mol. The Balaban J connectivity index is 2.11. The van der Waals surface area contributed by atoms with Gasteiger partial charge in [-0.15, -0.1) is 0 Å². The molecule has 1 fully saturated rings. The van der Waals surface area contributed by atoms with Gasteiger partial charge in [-0.2, -0.15) is 0 Å². The highest BCUT2D eigenvalue weighted by atomic mass is 14.6. The Kier molecular flexibility index (Phi) is 1.89. The topological polar surface area (TPSA) is 23.9 Å². The number of hydrogen-bond acceptors (Lipinski definition) is 1. The lowest BCUT2D eigenvalue weighted by molar-refractivity contribution is 0.627. The Hall–Kier alpha value is -0.330. The van der Waals surface area contributed by atoms with Crippen LogP contribution in [0.5, 0.6) is 0 Å². The van der Waals surface area contributed by atoms with Crippen molar-refractivity contribution < 1.29 is 0 Å². The van der Waals surface area contributed by atoms with E-state index in [0.29, 0.717) is 11.8 Å². The molecule has 1 aliphatic rings. The van der Waals surface area contributed by atoms with Gasteiger partial charge in [0, 0.05) is 17.5 Å². The summed E-state index contributed by atoms with van der Waals surface area (Å²) in [6.07, 6.45) is 3.84. The van der Waals surface area contributed by atoms with Gasteiger partial charge in [0.1, 0.15) is 0 Å². The molecule has 2 unspecified atom stereocenters. The van der Waals surface area contributed by atoms with Gasteiger partial charge in [0.25, 0.3) is 0 Å². The Morgan fingerprint density at radius 2 is 2.11 bits per heavy atom. The second-order valence-electron chi connectivity index (χ2n) is 2.99. The van der Waals surface area contributed by atoms with Gasteiger partial charge in [-0.1, -0.05) is 26.7 Å². The van der Waals surface area contributed by atoms with Gasteiger partial charge in [-0.3, -0.25) is 0 Å². The number of rotatable bonds is 3. The number of nitrogens with one attached hydrogen (secondary N) is 1. The molecular weight excluding hydrogens is 110 g/mol. The van der Waals surface area contributed by atoms with Gasteiger partial charge in [0.2, 0.25) is 0 Å². The standard InChI is InChI=1S/C8H15N/c1-3-4-5-7-6(2)8(7)9/h6-7,9H,3-5H2,1-2H3. The van der Waals surface area contributed by atoms with Gasteiger partial charge in [-0.05, 0) is 6.42 Å². The van der Waals surface area contributed by atoms with Crippen molar-refractivity contribution in [3.63, 3.8) is 0 Å². The van der Waals surface area contributed by atoms with E-state index in [2.05, 4.69) is 13.8 Å². The third kappa shape index (κ3) is 1.32. The van der Waals surface area contributed by atoms with Crippen molar-refractivity contribution in [1.82, 2.24) is 0 Å². The molecule has 0 heterocycles. The molecule has 0 amide bonds. The number of hydrogen-bond donors (Lipinski definition) is 1. The first kappa shape index (κ1) is 6.79. The van der Waals surface area contributed by atoms with E-state index in [0.717, 1.165) is 5.71 Å². The minimum absolute atomic E-state index is 0.622. The van der Waals surface area contributed by atoms with Crippen LogP contribution in [0.25, 0.3) is 0 Å². The van der Waals surface area contributed by atoms with Gasteiger partial charge < -0.3 is 5.41 Å². The SMILES string of the molecule is CCCCC1C(=N)C1C. The molecule has 9 heavy (non-hydrogen) atoms. The summed E-state index contributed by atoms with van der Waals surface area (Å²) in [4.78, 5) is 0. The largest absolute Gasteiger partial charge is 0.309 e. The first-order valence-corrected chi connectivity index (χ1v) is 3.85. The molecule has 1 heteroatoms. The Labute approximate surface area is 57.0 Å². The quantitative estimate of drug-likeness (QED) is 0.599. The molecule has 1 nitrogen and oxygen atoms in total. The van der Waals surface area contributed by atoms with Gasteiger partial charge in [0.15, 0.2) is 0 Å². The summed E-state index contributed by atoms with van der Waals surface area (Å²) in [6.45, 7) is 4.36. The first-order valence-electron chi connectivity index (χ1n) is 3.85. The van der Waals surface area contributed by atoms with Crippen molar-refractivity contribution >= 4 is 5.71 Å². The molecule has 0 bridgehead atoms. The molecule has 0 aromatic heterocycles. The second-order valence-corrected chi connectivity index (χ2v) is 2.99. The van der Waals surface area contributed by atoms with Gasteiger partial charge >= 0.3 is 0 Å². The smallest absolute Gasteiger partial charge is 0.0161 e. The van der Waals surface area contributed by atoms with Crippen molar-refractivity contribution in [3.05, 3.63) is 0 Å². The lowest BCUT2D eigenvalue weighted by Crippen LogP contribution is -1.79. The van der Waals surface area contributed by atoms with Crippen molar-refractivity contribution in [2.45, 2.75) is 33.1 Å². The second kappa shape index (κ2) is 2.51. The summed E-state index contributed by atoms with van der Waals surface area (Å²) in [5, 5.41) is 7.35. The van der Waals surface area contributed by atoms with E-state index in [-0.39, 0.29) is 0 Å². The van der Waals surface area contributed by atoms with Crippen LogP contribution in [0, 0.1) is 17.2 Å². The fourth-order valence-corrected chi connectivity index (χ4v) is 1.30. The highest BCUT2D eigenvalue weighted by Crippen LogP contribution is 2.37. The number of unbranched alkanes of at least 4 members (excludes halogenated alkanes) is 1. The highest BCUT2D eigenvalue weighted by molar-refractivity contribution is 6.01. The van der Waals surface area contributed by atoms with Crippen LogP contribution in [0.4, 0.5) is 0 Å². The summed E-state index contributed by atoms with van der Waals surface area (Å²) in [5.74, 6) is 1.29. The summed E-state index contributed by atoms with van der Waals surface area (Å²) in [7, 11) is 0. The highest BCUT2D eigenvalue weighted by Gasteiger charge is 2.39. The lowest BCUT2D eigenvalue weighted by atomic mass is 10.2. The van der Waals surface area contributed by atoms with Crippen molar-refractivity contribution in [3.8, 4) is 0 Å². The van der Waals surface area contributed by atoms with Crippen LogP contribution in [0.2, 0.25) is 0 Å². The Morgan fingerprint density at radius 3 is 2.44 bits per heavy atom. The van der Waals surface area contributed by atoms with Crippen LogP contribution in [0.15, 0.2) is 0 Å². The lowest BCUT2D eigenvalue weighted by Gasteiger charge is -1.90. The van der Waals surface area contributed by atoms with Crippen molar-refractivity contribution in [2.24, 2.45) is 11.8 Å². The maximum Gasteiger partial charge on any atom is 0.0161 e. The molecule has 2 atom stereocenters. The summed E-state index contributed by atoms with van der Waals surface area (Å²) in [5.41, 5.74) is 0.989. The van der Waals surface area contributed by atoms with Crippen molar-refractivity contribution in [1.29, 1.82) is 5.41 Å². The van der Waals surface area contributed by atoms with E-state index in [4.69, 9.17) is 5.41 Å². The summed E-state index contributed by atoms with van der Waals surface area (Å²) >= 11 is 0. The zero-order valence-electron chi connectivity index (χ0n) is 6.28. The maximum absolute atomic E-state index is 7.35. The van der Waals surface area contributed by atoms with Crippen LogP contribution >= 0.6 is 0 Å². The predicted octanol–water partition coefficient (Wildman–Crippen LogP) is 2.46. The Morgan fingerprint density at radius 1 is 1.56 bits per heavy atom. The molecule has 0 aromatic carbocycles. The third-order valence-corrected chi connectivity index (χ3v) is 2.25. The zero-order valence-corrected chi connectivity index (χ0v) is 6.28. The van der Waals surface area contributed by atoms with E-state index in [1.807, 2.05) is 0 Å². The molecule has 0 radical (unpaired) electrons. The molecule has 0 spiro atoms. The van der Waals surface area contributed by atoms with E-state index in [9.17, 15) is 0 Å². The molecule has 0 aromatic rings. The molecular formula is C8H15N. The first-order chi connectivity index (χ1) is 4.27. The predicted molar refractivity (Wildman–Crippen MR) is 39.9 cm³/mol. The van der Waals surface area contributed by atoms with E-state index < -0.39 is 0 Å². The van der Waals surface area contributed by atoms with Crippen LogP contribution in [0.3, 0.4) is 0 Å². The van der Waals surface area contributed by atoms with Crippen LogP contribution in [-0.4, -0.2) is 5.71 Å². The molecule has 1 aliphatic carbocycles. The molecule has 0 aliphatic heterocycles. The zero-order chi connectivity index (χ0) is 6.85. The van der Waals surface area contributed by atoms with Gasteiger partial charge in [-0.25, -0.2) is 0 Å². The van der Waals surface area contributed by atoms with Gasteiger partial charge in [0.05, 0.1) is 0 Å². The molecule has 1 saturated carbocycles. The minimum Gasteiger partial charge on any atom is -0.309 e. The Bertz CT molecular complexity index is 118. The monoisotopic (exact) mass is 125 g/mol. The molecule has 0 saturated heterocycles. The van der Waals surface area contributed by atoms with Crippen molar-refractivity contribution in [2.75, 3.05) is 0 Å². The summed E-state index contributed by atoms with van der Waals surface area (Å²) in [6, 6.07) is 0. The van der Waals surface area contributed by atoms with Crippen LogP contribution in [0.1, 0.15) is 33.1 Å². The normalized spacial score (nSPS) is 32.9. The fraction of sp³-hybridized carbons (Fsp3) is 0.875. The maximum atomic E-state index is 7.35. The van der Waals surface area contributed by atoms with E-state index >= 15 is 0 Å². The van der Waals surface area contributed by atoms with Crippen LogP contribution in [-0.2, 0) is 0 Å².